The molecule has 1 aromatic carbocycles. The van der Waals surface area contributed by atoms with Gasteiger partial charge in [0.15, 0.2) is 5.75 Å². The summed E-state index contributed by atoms with van der Waals surface area (Å²) < 4.78 is 11.5. The van der Waals surface area contributed by atoms with E-state index in [1.807, 2.05) is 17.5 Å². The van der Waals surface area contributed by atoms with E-state index in [-0.39, 0.29) is 0 Å². The van der Waals surface area contributed by atoms with Crippen LogP contribution in [0.15, 0.2) is 17.5 Å². The number of methoxy groups -OCH3 is 2. The highest BCUT2D eigenvalue weighted by Gasteiger charge is 2.12. The molecule has 1 heterocycles. The van der Waals surface area contributed by atoms with E-state index in [0.29, 0.717) is 17.2 Å². The molecule has 4 heteroatoms. The molecule has 2 N–H and O–H groups in total. The summed E-state index contributed by atoms with van der Waals surface area (Å²) in [5.74, 6) is 1.36. The zero-order chi connectivity index (χ0) is 10.1. The van der Waals surface area contributed by atoms with Crippen molar-refractivity contribution < 1.29 is 9.47 Å². The molecule has 1 aromatic heterocycles. The number of rotatable bonds is 2. The molecule has 0 saturated carbocycles. The van der Waals surface area contributed by atoms with Gasteiger partial charge < -0.3 is 15.2 Å². The monoisotopic (exact) mass is 209 g/mol. The standard InChI is InChI=1S/C10H11NO2S/c1-12-7-5-8-6(3-4-14-8)10(13-2)9(7)11/h3-5H,11H2,1-2H3. The molecule has 74 valence electrons. The van der Waals surface area contributed by atoms with Crippen LogP contribution >= 0.6 is 11.3 Å². The SMILES string of the molecule is COc1cc2sccc2c(OC)c1N. The van der Waals surface area contributed by atoms with Crippen molar-refractivity contribution in [2.45, 2.75) is 0 Å². The average Bonchev–Trinajstić information content (AvgIpc) is 2.64. The number of hydrogen-bond acceptors (Lipinski definition) is 4. The third-order valence-electron chi connectivity index (χ3n) is 2.14. The summed E-state index contributed by atoms with van der Waals surface area (Å²) >= 11 is 1.64. The molecule has 0 bridgehead atoms. The van der Waals surface area contributed by atoms with Crippen LogP contribution in [-0.4, -0.2) is 14.2 Å². The zero-order valence-corrected chi connectivity index (χ0v) is 8.85. The summed E-state index contributed by atoms with van der Waals surface area (Å²) in [6.45, 7) is 0. The van der Waals surface area contributed by atoms with Gasteiger partial charge in [0.2, 0.25) is 0 Å². The Labute approximate surface area is 86.1 Å². The second-order valence-electron chi connectivity index (χ2n) is 2.86. The first-order valence-electron chi connectivity index (χ1n) is 4.15. The summed E-state index contributed by atoms with van der Waals surface area (Å²) in [6, 6.07) is 3.92. The third kappa shape index (κ3) is 1.19. The van der Waals surface area contributed by atoms with Gasteiger partial charge in [0.05, 0.1) is 14.2 Å². The Morgan fingerprint density at radius 1 is 1.29 bits per heavy atom. The predicted molar refractivity (Wildman–Crippen MR) is 59.3 cm³/mol. The van der Waals surface area contributed by atoms with E-state index in [4.69, 9.17) is 15.2 Å². The number of hydrogen-bond donors (Lipinski definition) is 1. The number of nitrogen functional groups attached to an aromatic ring is 1. The van der Waals surface area contributed by atoms with E-state index in [0.717, 1.165) is 10.1 Å². The first-order valence-corrected chi connectivity index (χ1v) is 5.03. The normalized spacial score (nSPS) is 10.4. The highest BCUT2D eigenvalue weighted by molar-refractivity contribution is 7.17. The molecular formula is C10H11NO2S. The summed E-state index contributed by atoms with van der Waals surface area (Å²) in [5.41, 5.74) is 6.44. The minimum Gasteiger partial charge on any atom is -0.494 e. The van der Waals surface area contributed by atoms with E-state index < -0.39 is 0 Å². The van der Waals surface area contributed by atoms with Gasteiger partial charge >= 0.3 is 0 Å². The Morgan fingerprint density at radius 3 is 2.71 bits per heavy atom. The maximum Gasteiger partial charge on any atom is 0.154 e. The average molecular weight is 209 g/mol. The van der Waals surface area contributed by atoms with Crippen molar-refractivity contribution in [1.82, 2.24) is 0 Å². The van der Waals surface area contributed by atoms with Crippen molar-refractivity contribution in [3.8, 4) is 11.5 Å². The molecule has 0 radical (unpaired) electrons. The Bertz CT molecular complexity index is 464. The van der Waals surface area contributed by atoms with Crippen LogP contribution in [0.2, 0.25) is 0 Å². The van der Waals surface area contributed by atoms with Crippen LogP contribution in [0.4, 0.5) is 5.69 Å². The number of fused-ring (bicyclic) bond motifs is 1. The van der Waals surface area contributed by atoms with Crippen molar-refractivity contribution in [3.05, 3.63) is 17.5 Å². The first-order chi connectivity index (χ1) is 6.77. The highest BCUT2D eigenvalue weighted by atomic mass is 32.1. The molecule has 0 unspecified atom stereocenters. The molecule has 2 aromatic rings. The summed E-state index contributed by atoms with van der Waals surface area (Å²) in [4.78, 5) is 0. The van der Waals surface area contributed by atoms with Crippen molar-refractivity contribution >= 4 is 27.1 Å². The minimum atomic E-state index is 0.556. The lowest BCUT2D eigenvalue weighted by atomic mass is 10.2. The van der Waals surface area contributed by atoms with Gasteiger partial charge in [-0.1, -0.05) is 0 Å². The van der Waals surface area contributed by atoms with E-state index >= 15 is 0 Å². The van der Waals surface area contributed by atoms with Gasteiger partial charge in [-0.2, -0.15) is 0 Å². The van der Waals surface area contributed by atoms with Gasteiger partial charge in [0.25, 0.3) is 0 Å². The first kappa shape index (κ1) is 9.15. The van der Waals surface area contributed by atoms with Crippen molar-refractivity contribution in [2.24, 2.45) is 0 Å². The molecule has 14 heavy (non-hydrogen) atoms. The molecule has 3 nitrogen and oxygen atoms in total. The minimum absolute atomic E-state index is 0.556. The molecule has 0 aliphatic carbocycles. The molecule has 0 spiro atoms. The van der Waals surface area contributed by atoms with Gasteiger partial charge in [-0.3, -0.25) is 0 Å². The molecule has 0 aliphatic rings. The Kier molecular flexibility index (Phi) is 2.21. The van der Waals surface area contributed by atoms with Gasteiger partial charge in [0.1, 0.15) is 11.4 Å². The van der Waals surface area contributed by atoms with E-state index in [1.54, 1.807) is 25.6 Å². The smallest absolute Gasteiger partial charge is 0.154 e. The Morgan fingerprint density at radius 2 is 2.07 bits per heavy atom. The van der Waals surface area contributed by atoms with Crippen molar-refractivity contribution in [2.75, 3.05) is 20.0 Å². The fraction of sp³-hybridized carbons (Fsp3) is 0.200. The third-order valence-corrected chi connectivity index (χ3v) is 3.00. The van der Waals surface area contributed by atoms with Crippen LogP contribution in [0.1, 0.15) is 0 Å². The quantitative estimate of drug-likeness (QED) is 0.773. The fourth-order valence-corrected chi connectivity index (χ4v) is 2.28. The number of nitrogens with two attached hydrogens (primary N) is 1. The van der Waals surface area contributed by atoms with Gasteiger partial charge in [-0.05, 0) is 11.4 Å². The highest BCUT2D eigenvalue weighted by Crippen LogP contribution is 2.41. The second kappa shape index (κ2) is 3.38. The lowest BCUT2D eigenvalue weighted by molar-refractivity contribution is 0.402. The van der Waals surface area contributed by atoms with E-state index in [9.17, 15) is 0 Å². The Balaban J connectivity index is 2.80. The summed E-state index contributed by atoms with van der Waals surface area (Å²) in [7, 11) is 3.22. The lowest BCUT2D eigenvalue weighted by Gasteiger charge is -2.10. The van der Waals surface area contributed by atoms with Crippen LogP contribution in [0.5, 0.6) is 11.5 Å². The van der Waals surface area contributed by atoms with Crippen LogP contribution < -0.4 is 15.2 Å². The maximum absolute atomic E-state index is 5.88. The van der Waals surface area contributed by atoms with Crippen molar-refractivity contribution in [3.63, 3.8) is 0 Å². The molecule has 0 atom stereocenters. The maximum atomic E-state index is 5.88. The molecule has 0 aliphatic heterocycles. The Hall–Kier alpha value is -1.42. The molecule has 0 amide bonds. The van der Waals surface area contributed by atoms with Crippen LogP contribution in [0.25, 0.3) is 10.1 Å². The molecule has 2 rings (SSSR count). The number of anilines is 1. The van der Waals surface area contributed by atoms with E-state index in [2.05, 4.69) is 0 Å². The largest absolute Gasteiger partial charge is 0.494 e. The van der Waals surface area contributed by atoms with Gasteiger partial charge in [-0.25, -0.2) is 0 Å². The number of thiophene rings is 1. The van der Waals surface area contributed by atoms with Gasteiger partial charge in [-0.15, -0.1) is 11.3 Å². The van der Waals surface area contributed by atoms with Crippen LogP contribution in [-0.2, 0) is 0 Å². The van der Waals surface area contributed by atoms with Gasteiger partial charge in [0, 0.05) is 16.2 Å². The van der Waals surface area contributed by atoms with E-state index in [1.165, 1.54) is 0 Å². The predicted octanol–water partition coefficient (Wildman–Crippen LogP) is 2.50. The van der Waals surface area contributed by atoms with Crippen LogP contribution in [0.3, 0.4) is 0 Å². The molecule has 0 saturated heterocycles. The number of benzene rings is 1. The van der Waals surface area contributed by atoms with Crippen molar-refractivity contribution in [1.29, 1.82) is 0 Å². The summed E-state index contributed by atoms with van der Waals surface area (Å²) in [5, 5.41) is 3.04. The second-order valence-corrected chi connectivity index (χ2v) is 3.81. The summed E-state index contributed by atoms with van der Waals surface area (Å²) in [6.07, 6.45) is 0. The lowest BCUT2D eigenvalue weighted by Crippen LogP contribution is -1.96. The number of ether oxygens (including phenoxy) is 2. The zero-order valence-electron chi connectivity index (χ0n) is 8.03. The fourth-order valence-electron chi connectivity index (χ4n) is 1.46. The van der Waals surface area contributed by atoms with Crippen LogP contribution in [0, 0.1) is 0 Å². The molecular weight excluding hydrogens is 198 g/mol. The topological polar surface area (TPSA) is 44.5 Å². The molecule has 0 fully saturated rings.